The number of halogens is 1. The Kier molecular flexibility index (Phi) is 7.33. The van der Waals surface area contributed by atoms with Gasteiger partial charge >= 0.3 is 0 Å². The third-order valence-corrected chi connectivity index (χ3v) is 4.61. The number of rotatable bonds is 7. The molecule has 22 heavy (non-hydrogen) atoms. The van der Waals surface area contributed by atoms with E-state index in [-0.39, 0.29) is 24.4 Å². The van der Waals surface area contributed by atoms with Gasteiger partial charge < -0.3 is 10.6 Å². The van der Waals surface area contributed by atoms with Gasteiger partial charge in [0, 0.05) is 19.6 Å². The van der Waals surface area contributed by atoms with Crippen molar-refractivity contribution in [1.82, 2.24) is 9.80 Å². The minimum atomic E-state index is 0. The lowest BCUT2D eigenvalue weighted by molar-refractivity contribution is -0.133. The molecular formula is C17H28ClN3O. The van der Waals surface area contributed by atoms with Crippen LogP contribution in [-0.2, 0) is 4.79 Å². The quantitative estimate of drug-likeness (QED) is 0.837. The van der Waals surface area contributed by atoms with Crippen LogP contribution >= 0.6 is 12.4 Å². The summed E-state index contributed by atoms with van der Waals surface area (Å²) in [4.78, 5) is 16.4. The molecule has 124 valence electrons. The Balaban J connectivity index is 0.00000242. The summed E-state index contributed by atoms with van der Waals surface area (Å²) >= 11 is 0. The number of nitrogens with two attached hydrogens (primary N) is 1. The van der Waals surface area contributed by atoms with Gasteiger partial charge in [-0.15, -0.1) is 12.4 Å². The van der Waals surface area contributed by atoms with E-state index in [0.717, 1.165) is 5.56 Å². The topological polar surface area (TPSA) is 49.6 Å². The molecule has 1 amide bonds. The predicted molar refractivity (Wildman–Crippen MR) is 93.1 cm³/mol. The van der Waals surface area contributed by atoms with E-state index in [9.17, 15) is 4.79 Å². The highest BCUT2D eigenvalue weighted by molar-refractivity contribution is 5.85. The van der Waals surface area contributed by atoms with E-state index >= 15 is 0 Å². The highest BCUT2D eigenvalue weighted by atomic mass is 35.5. The molecule has 1 fully saturated rings. The van der Waals surface area contributed by atoms with Crippen molar-refractivity contribution < 1.29 is 4.79 Å². The Morgan fingerprint density at radius 3 is 2.36 bits per heavy atom. The minimum absolute atomic E-state index is 0. The van der Waals surface area contributed by atoms with Gasteiger partial charge in [-0.05, 0) is 38.3 Å². The molecule has 1 aliphatic rings. The van der Waals surface area contributed by atoms with Gasteiger partial charge in [-0.1, -0.05) is 30.3 Å². The molecule has 0 spiro atoms. The van der Waals surface area contributed by atoms with Crippen LogP contribution in [0.5, 0.6) is 0 Å². The number of benzene rings is 1. The molecule has 0 bridgehead atoms. The van der Waals surface area contributed by atoms with Crippen molar-refractivity contribution in [3.63, 3.8) is 0 Å². The number of nitrogens with zero attached hydrogens (tertiary/aromatic N) is 2. The molecule has 2 unspecified atom stereocenters. The van der Waals surface area contributed by atoms with Crippen LogP contribution in [0.4, 0.5) is 0 Å². The summed E-state index contributed by atoms with van der Waals surface area (Å²) in [6.07, 6.45) is 2.49. The number of hydrogen-bond acceptors (Lipinski definition) is 3. The van der Waals surface area contributed by atoms with Crippen molar-refractivity contribution in [2.45, 2.75) is 31.8 Å². The molecule has 2 rings (SSSR count). The lowest BCUT2D eigenvalue weighted by Gasteiger charge is -2.31. The Labute approximate surface area is 140 Å². The van der Waals surface area contributed by atoms with Crippen LogP contribution in [0.15, 0.2) is 30.3 Å². The standard InChI is InChI=1S/C17H27N3O.ClH/c1-13(14-7-5-4-6-8-14)20(3)17(21)12-19(2)16(11-18)15-9-10-15;/h4-8,13,15-16H,9-12,18H2,1-3H3;1H. The summed E-state index contributed by atoms with van der Waals surface area (Å²) in [5, 5.41) is 0. The van der Waals surface area contributed by atoms with E-state index in [4.69, 9.17) is 5.73 Å². The summed E-state index contributed by atoms with van der Waals surface area (Å²) in [6, 6.07) is 10.6. The van der Waals surface area contributed by atoms with Gasteiger partial charge in [0.05, 0.1) is 12.6 Å². The molecule has 0 aromatic heterocycles. The molecule has 1 aliphatic carbocycles. The van der Waals surface area contributed by atoms with Crippen molar-refractivity contribution in [1.29, 1.82) is 0 Å². The Morgan fingerprint density at radius 2 is 1.86 bits per heavy atom. The summed E-state index contributed by atoms with van der Waals surface area (Å²) in [5.41, 5.74) is 7.01. The summed E-state index contributed by atoms with van der Waals surface area (Å²) < 4.78 is 0. The molecule has 0 heterocycles. The van der Waals surface area contributed by atoms with E-state index in [1.165, 1.54) is 12.8 Å². The Bertz CT molecular complexity index is 464. The summed E-state index contributed by atoms with van der Waals surface area (Å²) in [6.45, 7) is 3.13. The maximum absolute atomic E-state index is 12.5. The van der Waals surface area contributed by atoms with Crippen LogP contribution in [-0.4, -0.2) is 48.9 Å². The molecule has 1 aromatic rings. The molecule has 0 aliphatic heterocycles. The first kappa shape index (κ1) is 18.9. The number of amides is 1. The molecule has 0 saturated heterocycles. The summed E-state index contributed by atoms with van der Waals surface area (Å²) in [7, 11) is 3.89. The van der Waals surface area contributed by atoms with Crippen molar-refractivity contribution in [2.24, 2.45) is 11.7 Å². The van der Waals surface area contributed by atoms with E-state index in [1.54, 1.807) is 0 Å². The van der Waals surface area contributed by atoms with Gasteiger partial charge in [0.15, 0.2) is 0 Å². The van der Waals surface area contributed by atoms with E-state index in [1.807, 2.05) is 37.2 Å². The summed E-state index contributed by atoms with van der Waals surface area (Å²) in [5.74, 6) is 0.831. The first-order chi connectivity index (χ1) is 10.0. The second-order valence-corrected chi connectivity index (χ2v) is 6.15. The first-order valence-corrected chi connectivity index (χ1v) is 7.75. The van der Waals surface area contributed by atoms with Gasteiger partial charge in [-0.2, -0.15) is 0 Å². The van der Waals surface area contributed by atoms with Crippen LogP contribution in [0.25, 0.3) is 0 Å². The second kappa shape index (κ2) is 8.51. The zero-order valence-corrected chi connectivity index (χ0v) is 14.6. The average Bonchev–Trinajstić information content (AvgIpc) is 3.32. The number of carbonyl (C=O) groups is 1. The van der Waals surface area contributed by atoms with Crippen LogP contribution in [0.3, 0.4) is 0 Å². The third-order valence-electron chi connectivity index (χ3n) is 4.61. The zero-order valence-electron chi connectivity index (χ0n) is 13.7. The van der Waals surface area contributed by atoms with Crippen LogP contribution in [0, 0.1) is 5.92 Å². The van der Waals surface area contributed by atoms with Crippen molar-refractivity contribution in [2.75, 3.05) is 27.2 Å². The van der Waals surface area contributed by atoms with Crippen molar-refractivity contribution in [3.05, 3.63) is 35.9 Å². The highest BCUT2D eigenvalue weighted by Crippen LogP contribution is 2.34. The fraction of sp³-hybridized carbons (Fsp3) is 0.588. The largest absolute Gasteiger partial charge is 0.338 e. The molecule has 5 heteroatoms. The highest BCUT2D eigenvalue weighted by Gasteiger charge is 2.33. The first-order valence-electron chi connectivity index (χ1n) is 7.75. The van der Waals surface area contributed by atoms with Crippen molar-refractivity contribution in [3.8, 4) is 0 Å². The molecular weight excluding hydrogens is 298 g/mol. The molecule has 0 radical (unpaired) electrons. The number of likely N-dealkylation sites (N-methyl/N-ethyl adjacent to an activating group) is 2. The number of hydrogen-bond donors (Lipinski definition) is 1. The monoisotopic (exact) mass is 325 g/mol. The maximum Gasteiger partial charge on any atom is 0.236 e. The Morgan fingerprint density at radius 1 is 1.27 bits per heavy atom. The van der Waals surface area contributed by atoms with Gasteiger partial charge in [0.25, 0.3) is 0 Å². The molecule has 4 nitrogen and oxygen atoms in total. The molecule has 2 atom stereocenters. The normalized spacial score (nSPS) is 16.8. The minimum Gasteiger partial charge on any atom is -0.338 e. The van der Waals surface area contributed by atoms with Gasteiger partial charge in [-0.25, -0.2) is 0 Å². The van der Waals surface area contributed by atoms with E-state index in [0.29, 0.717) is 25.0 Å². The number of carbonyl (C=O) groups excluding carboxylic acids is 1. The molecule has 2 N–H and O–H groups in total. The molecule has 1 aromatic carbocycles. The SMILES string of the molecule is CC(c1ccccc1)N(C)C(=O)CN(C)C(CN)C1CC1.Cl. The predicted octanol–water partition coefficient (Wildman–Crippen LogP) is 2.30. The lowest BCUT2D eigenvalue weighted by Crippen LogP contribution is -2.45. The van der Waals surface area contributed by atoms with Crippen molar-refractivity contribution >= 4 is 18.3 Å². The zero-order chi connectivity index (χ0) is 15.4. The smallest absolute Gasteiger partial charge is 0.236 e. The fourth-order valence-corrected chi connectivity index (χ4v) is 2.83. The Hall–Kier alpha value is -1.10. The third kappa shape index (κ3) is 4.70. The van der Waals surface area contributed by atoms with Crippen LogP contribution in [0.2, 0.25) is 0 Å². The second-order valence-electron chi connectivity index (χ2n) is 6.15. The fourth-order valence-electron chi connectivity index (χ4n) is 2.83. The van der Waals surface area contributed by atoms with Crippen LogP contribution < -0.4 is 5.73 Å². The van der Waals surface area contributed by atoms with Gasteiger partial charge in [0.2, 0.25) is 5.91 Å². The van der Waals surface area contributed by atoms with Crippen LogP contribution in [0.1, 0.15) is 31.4 Å². The van der Waals surface area contributed by atoms with Gasteiger partial charge in [0.1, 0.15) is 0 Å². The van der Waals surface area contributed by atoms with Gasteiger partial charge in [-0.3, -0.25) is 9.69 Å². The van der Waals surface area contributed by atoms with E-state index < -0.39 is 0 Å². The molecule has 1 saturated carbocycles. The lowest BCUT2D eigenvalue weighted by atomic mass is 10.1. The maximum atomic E-state index is 12.5. The van der Waals surface area contributed by atoms with E-state index in [2.05, 4.69) is 24.0 Å². The average molecular weight is 326 g/mol.